The minimum Gasteiger partial charge on any atom is -0.351 e. The summed E-state index contributed by atoms with van der Waals surface area (Å²) in [5.41, 5.74) is 1.24. The molecule has 0 spiro atoms. The summed E-state index contributed by atoms with van der Waals surface area (Å²) < 4.78 is 5.51. The first-order chi connectivity index (χ1) is 7.42. The molecule has 0 saturated carbocycles. The molecule has 0 amide bonds. The SMILES string of the molecule is CCCCC#C[C@H]1O[C@H]1c1ccccc1. The minimum absolute atomic E-state index is 0.143. The summed E-state index contributed by atoms with van der Waals surface area (Å²) >= 11 is 0. The largest absolute Gasteiger partial charge is 0.351 e. The molecule has 1 nitrogen and oxygen atoms in total. The lowest BCUT2D eigenvalue weighted by Crippen LogP contribution is -1.84. The zero-order valence-corrected chi connectivity index (χ0v) is 9.07. The fraction of sp³-hybridized carbons (Fsp3) is 0.429. The number of unbranched alkanes of at least 4 members (excludes halogenated alkanes) is 2. The molecule has 2 atom stereocenters. The van der Waals surface area contributed by atoms with Gasteiger partial charge in [-0.2, -0.15) is 0 Å². The molecule has 1 heteroatoms. The second-order valence-corrected chi connectivity index (χ2v) is 3.81. The number of rotatable bonds is 3. The number of ether oxygens (including phenoxy) is 1. The number of hydrogen-bond donors (Lipinski definition) is 0. The summed E-state index contributed by atoms with van der Waals surface area (Å²) in [7, 11) is 0. The second kappa shape index (κ2) is 5.00. The summed E-state index contributed by atoms with van der Waals surface area (Å²) in [5, 5.41) is 0. The highest BCUT2D eigenvalue weighted by Gasteiger charge is 2.38. The molecule has 0 unspecified atom stereocenters. The van der Waals surface area contributed by atoms with Crippen LogP contribution < -0.4 is 0 Å². The van der Waals surface area contributed by atoms with Crippen LogP contribution in [-0.4, -0.2) is 6.10 Å². The highest BCUT2D eigenvalue weighted by molar-refractivity contribution is 5.27. The summed E-state index contributed by atoms with van der Waals surface area (Å²) in [6.07, 6.45) is 3.76. The molecule has 1 fully saturated rings. The Labute approximate surface area is 91.5 Å². The smallest absolute Gasteiger partial charge is 0.149 e. The van der Waals surface area contributed by atoms with Crippen molar-refractivity contribution in [3.63, 3.8) is 0 Å². The van der Waals surface area contributed by atoms with E-state index in [1.54, 1.807) is 0 Å². The Balaban J connectivity index is 1.83. The van der Waals surface area contributed by atoms with E-state index in [1.807, 2.05) is 18.2 Å². The maximum Gasteiger partial charge on any atom is 0.149 e. The van der Waals surface area contributed by atoms with Gasteiger partial charge in [0.05, 0.1) is 0 Å². The third-order valence-electron chi connectivity index (χ3n) is 2.52. The Bertz CT molecular complexity index is 358. The molecule has 0 N–H and O–H groups in total. The van der Waals surface area contributed by atoms with Crippen molar-refractivity contribution in [1.29, 1.82) is 0 Å². The molecule has 1 aromatic carbocycles. The summed E-state index contributed by atoms with van der Waals surface area (Å²) in [4.78, 5) is 0. The van der Waals surface area contributed by atoms with E-state index < -0.39 is 0 Å². The predicted octanol–water partition coefficient (Wildman–Crippen LogP) is 3.32. The van der Waals surface area contributed by atoms with Gasteiger partial charge in [0.1, 0.15) is 12.2 Å². The van der Waals surface area contributed by atoms with E-state index in [1.165, 1.54) is 18.4 Å². The van der Waals surface area contributed by atoms with E-state index in [9.17, 15) is 0 Å². The molecule has 0 radical (unpaired) electrons. The van der Waals surface area contributed by atoms with Crippen LogP contribution in [0.25, 0.3) is 0 Å². The van der Waals surface area contributed by atoms with Gasteiger partial charge in [-0.15, -0.1) is 5.92 Å². The lowest BCUT2D eigenvalue weighted by molar-refractivity contribution is 0.397. The van der Waals surface area contributed by atoms with Gasteiger partial charge in [0, 0.05) is 6.42 Å². The Morgan fingerprint density at radius 3 is 2.80 bits per heavy atom. The number of benzene rings is 1. The average molecular weight is 200 g/mol. The molecule has 0 aliphatic carbocycles. The first-order valence-corrected chi connectivity index (χ1v) is 5.60. The Hall–Kier alpha value is -1.26. The topological polar surface area (TPSA) is 12.5 Å². The van der Waals surface area contributed by atoms with Gasteiger partial charge in [0.25, 0.3) is 0 Å². The first kappa shape index (κ1) is 10.3. The fourth-order valence-electron chi connectivity index (χ4n) is 1.56. The van der Waals surface area contributed by atoms with Gasteiger partial charge in [-0.3, -0.25) is 0 Å². The quantitative estimate of drug-likeness (QED) is 0.414. The minimum atomic E-state index is 0.143. The van der Waals surface area contributed by atoms with E-state index in [0.29, 0.717) is 0 Å². The van der Waals surface area contributed by atoms with Gasteiger partial charge in [0.15, 0.2) is 0 Å². The average Bonchev–Trinajstić information content (AvgIpc) is 3.05. The van der Waals surface area contributed by atoms with Crippen molar-refractivity contribution in [2.45, 2.75) is 38.4 Å². The molecule has 1 saturated heterocycles. The third kappa shape index (κ3) is 2.84. The predicted molar refractivity (Wildman–Crippen MR) is 61.4 cm³/mol. The maximum atomic E-state index is 5.51. The van der Waals surface area contributed by atoms with Crippen molar-refractivity contribution in [2.75, 3.05) is 0 Å². The third-order valence-corrected chi connectivity index (χ3v) is 2.52. The first-order valence-electron chi connectivity index (χ1n) is 5.60. The van der Waals surface area contributed by atoms with Crippen molar-refractivity contribution in [1.82, 2.24) is 0 Å². The molecule has 78 valence electrons. The van der Waals surface area contributed by atoms with Crippen LogP contribution in [0.3, 0.4) is 0 Å². The van der Waals surface area contributed by atoms with Gasteiger partial charge in [-0.1, -0.05) is 49.6 Å². The van der Waals surface area contributed by atoms with Crippen molar-refractivity contribution in [3.8, 4) is 11.8 Å². The molecular weight excluding hydrogens is 184 g/mol. The van der Waals surface area contributed by atoms with Gasteiger partial charge in [0.2, 0.25) is 0 Å². The highest BCUT2D eigenvalue weighted by Crippen LogP contribution is 2.37. The van der Waals surface area contributed by atoms with Crippen LogP contribution in [0.4, 0.5) is 0 Å². The highest BCUT2D eigenvalue weighted by atomic mass is 16.6. The van der Waals surface area contributed by atoms with Crippen molar-refractivity contribution >= 4 is 0 Å². The zero-order valence-electron chi connectivity index (χ0n) is 9.07. The standard InChI is InChI=1S/C14H16O/c1-2-3-4-8-11-13-14(15-13)12-9-6-5-7-10-12/h5-7,9-10,13-14H,2-4H2,1H3/t13-,14+/m1/s1. The van der Waals surface area contributed by atoms with Crippen molar-refractivity contribution in [2.24, 2.45) is 0 Å². The van der Waals surface area contributed by atoms with Crippen LogP contribution in [0.1, 0.15) is 37.9 Å². The van der Waals surface area contributed by atoms with Crippen LogP contribution in [-0.2, 0) is 4.74 Å². The van der Waals surface area contributed by atoms with Crippen LogP contribution in [0.15, 0.2) is 30.3 Å². The van der Waals surface area contributed by atoms with Crippen molar-refractivity contribution < 1.29 is 4.74 Å². The van der Waals surface area contributed by atoms with E-state index in [-0.39, 0.29) is 12.2 Å². The second-order valence-electron chi connectivity index (χ2n) is 3.81. The summed E-state index contributed by atoms with van der Waals surface area (Å²) in [6, 6.07) is 10.3. The summed E-state index contributed by atoms with van der Waals surface area (Å²) in [5.74, 6) is 6.34. The van der Waals surface area contributed by atoms with Crippen LogP contribution in [0.5, 0.6) is 0 Å². The van der Waals surface area contributed by atoms with E-state index in [4.69, 9.17) is 4.74 Å². The lowest BCUT2D eigenvalue weighted by atomic mass is 10.1. The van der Waals surface area contributed by atoms with Gasteiger partial charge in [-0.05, 0) is 12.0 Å². The zero-order chi connectivity index (χ0) is 10.5. The molecule has 1 aromatic rings. The Morgan fingerprint density at radius 1 is 1.27 bits per heavy atom. The lowest BCUT2D eigenvalue weighted by Gasteiger charge is -1.91. The van der Waals surface area contributed by atoms with Gasteiger partial charge >= 0.3 is 0 Å². The van der Waals surface area contributed by atoms with Crippen LogP contribution in [0, 0.1) is 11.8 Å². The molecule has 1 heterocycles. The van der Waals surface area contributed by atoms with E-state index >= 15 is 0 Å². The number of epoxide rings is 1. The van der Waals surface area contributed by atoms with E-state index in [0.717, 1.165) is 6.42 Å². The molecular formula is C14H16O. The van der Waals surface area contributed by atoms with Gasteiger partial charge in [-0.25, -0.2) is 0 Å². The number of hydrogen-bond acceptors (Lipinski definition) is 1. The maximum absolute atomic E-state index is 5.51. The molecule has 1 aliphatic rings. The molecule has 0 bridgehead atoms. The Morgan fingerprint density at radius 2 is 2.07 bits per heavy atom. The van der Waals surface area contributed by atoms with Crippen LogP contribution >= 0.6 is 0 Å². The summed E-state index contributed by atoms with van der Waals surface area (Å²) in [6.45, 7) is 2.18. The Kier molecular flexibility index (Phi) is 3.42. The monoisotopic (exact) mass is 200 g/mol. The van der Waals surface area contributed by atoms with Crippen molar-refractivity contribution in [3.05, 3.63) is 35.9 Å². The molecule has 15 heavy (non-hydrogen) atoms. The van der Waals surface area contributed by atoms with Crippen LogP contribution in [0.2, 0.25) is 0 Å². The molecule has 0 aromatic heterocycles. The van der Waals surface area contributed by atoms with Gasteiger partial charge < -0.3 is 4.74 Å². The fourth-order valence-corrected chi connectivity index (χ4v) is 1.56. The molecule has 2 rings (SSSR count). The van der Waals surface area contributed by atoms with E-state index in [2.05, 4.69) is 30.9 Å². The normalized spacial score (nSPS) is 23.0. The molecule has 1 aliphatic heterocycles.